The van der Waals surface area contributed by atoms with Crippen molar-refractivity contribution in [1.82, 2.24) is 5.16 Å². The number of aromatic nitrogens is 1. The predicted octanol–water partition coefficient (Wildman–Crippen LogP) is 5.32. The molecule has 2 N–H and O–H groups in total. The van der Waals surface area contributed by atoms with Crippen molar-refractivity contribution in [3.8, 4) is 22.4 Å². The van der Waals surface area contributed by atoms with Crippen molar-refractivity contribution in [2.45, 2.75) is 6.92 Å². The topological polar surface area (TPSA) is 52.0 Å². The van der Waals surface area contributed by atoms with Gasteiger partial charge < -0.3 is 10.3 Å². The van der Waals surface area contributed by atoms with Crippen molar-refractivity contribution < 1.29 is 4.52 Å². The minimum atomic E-state index is 0.291. The molecule has 0 aliphatic heterocycles. The van der Waals surface area contributed by atoms with Crippen LogP contribution in [0, 0.1) is 6.92 Å². The summed E-state index contributed by atoms with van der Waals surface area (Å²) in [5.41, 5.74) is 10.5. The van der Waals surface area contributed by atoms with E-state index in [2.05, 4.69) is 21.1 Å². The molecule has 3 aromatic rings. The van der Waals surface area contributed by atoms with Crippen LogP contribution in [0.15, 0.2) is 51.5 Å². The lowest BCUT2D eigenvalue weighted by atomic mass is 10.0. The van der Waals surface area contributed by atoms with Gasteiger partial charge in [-0.15, -0.1) is 0 Å². The normalized spacial score (nSPS) is 10.8. The third kappa shape index (κ3) is 2.69. The van der Waals surface area contributed by atoms with Crippen molar-refractivity contribution >= 4 is 33.4 Å². The lowest BCUT2D eigenvalue weighted by molar-refractivity contribution is 0.439. The minimum Gasteiger partial charge on any atom is -0.367 e. The van der Waals surface area contributed by atoms with Gasteiger partial charge in [0.25, 0.3) is 0 Å². The number of anilines is 1. The van der Waals surface area contributed by atoms with Crippen molar-refractivity contribution in [1.29, 1.82) is 0 Å². The Balaban J connectivity index is 2.19. The maximum atomic E-state index is 5.95. The minimum absolute atomic E-state index is 0.291. The van der Waals surface area contributed by atoms with Crippen LogP contribution in [-0.4, -0.2) is 5.16 Å². The molecule has 0 saturated heterocycles. The second kappa shape index (κ2) is 5.54. The van der Waals surface area contributed by atoms with E-state index in [4.69, 9.17) is 21.9 Å². The van der Waals surface area contributed by atoms with E-state index in [-0.39, 0.29) is 0 Å². The highest BCUT2D eigenvalue weighted by molar-refractivity contribution is 9.10. The number of nitrogens with zero attached hydrogens (tertiary/aromatic N) is 1. The molecule has 0 amide bonds. The van der Waals surface area contributed by atoms with Crippen molar-refractivity contribution in [2.75, 3.05) is 5.73 Å². The molecule has 106 valence electrons. The number of hydrogen-bond donors (Lipinski definition) is 1. The highest BCUT2D eigenvalue weighted by Gasteiger charge is 2.19. The molecule has 1 aromatic heterocycles. The summed E-state index contributed by atoms with van der Waals surface area (Å²) in [7, 11) is 0. The van der Waals surface area contributed by atoms with Gasteiger partial charge in [-0.05, 0) is 36.2 Å². The molecule has 0 aliphatic carbocycles. The molecule has 3 rings (SSSR count). The third-order valence-corrected chi connectivity index (χ3v) is 4.14. The van der Waals surface area contributed by atoms with Crippen LogP contribution in [0.2, 0.25) is 5.02 Å². The van der Waals surface area contributed by atoms with E-state index in [9.17, 15) is 0 Å². The van der Waals surface area contributed by atoms with Crippen LogP contribution in [-0.2, 0) is 0 Å². The molecule has 3 nitrogen and oxygen atoms in total. The average molecular weight is 364 g/mol. The number of aryl methyl sites for hydroxylation is 1. The standard InChI is InChI=1S/C16H12BrClN2O/c1-9-2-7-12(13(17)8-9)15-14(16(19)21-20-15)10-3-5-11(18)6-4-10/h2-8H,19H2,1H3. The Hall–Kier alpha value is -1.78. The van der Waals surface area contributed by atoms with Gasteiger partial charge in [0.1, 0.15) is 5.69 Å². The van der Waals surface area contributed by atoms with Gasteiger partial charge in [0, 0.05) is 15.1 Å². The summed E-state index contributed by atoms with van der Waals surface area (Å²) in [6.45, 7) is 2.03. The molecule has 0 radical (unpaired) electrons. The van der Waals surface area contributed by atoms with E-state index in [0.29, 0.717) is 16.6 Å². The monoisotopic (exact) mass is 362 g/mol. The molecule has 0 saturated carbocycles. The summed E-state index contributed by atoms with van der Waals surface area (Å²) in [6.07, 6.45) is 0. The Kier molecular flexibility index (Phi) is 3.74. The SMILES string of the molecule is Cc1ccc(-c2noc(N)c2-c2ccc(Cl)cc2)c(Br)c1. The number of nitrogen functional groups attached to an aromatic ring is 1. The lowest BCUT2D eigenvalue weighted by Crippen LogP contribution is -1.89. The first-order valence-electron chi connectivity index (χ1n) is 6.34. The second-order valence-corrected chi connectivity index (χ2v) is 6.05. The van der Waals surface area contributed by atoms with Crippen LogP contribution < -0.4 is 5.73 Å². The van der Waals surface area contributed by atoms with Crippen LogP contribution in [0.3, 0.4) is 0 Å². The smallest absolute Gasteiger partial charge is 0.230 e. The maximum absolute atomic E-state index is 5.95. The summed E-state index contributed by atoms with van der Waals surface area (Å²) in [5, 5.41) is 4.79. The van der Waals surface area contributed by atoms with Gasteiger partial charge in [-0.3, -0.25) is 0 Å². The molecule has 5 heteroatoms. The van der Waals surface area contributed by atoms with Crippen LogP contribution in [0.1, 0.15) is 5.56 Å². The van der Waals surface area contributed by atoms with Gasteiger partial charge >= 0.3 is 0 Å². The third-order valence-electron chi connectivity index (χ3n) is 3.23. The van der Waals surface area contributed by atoms with E-state index in [1.807, 2.05) is 49.4 Å². The van der Waals surface area contributed by atoms with E-state index < -0.39 is 0 Å². The number of rotatable bonds is 2. The molecule has 0 bridgehead atoms. The zero-order valence-electron chi connectivity index (χ0n) is 11.2. The Morgan fingerprint density at radius 2 is 1.86 bits per heavy atom. The Morgan fingerprint density at radius 3 is 2.52 bits per heavy atom. The Labute approximate surface area is 135 Å². The molecule has 0 spiro atoms. The van der Waals surface area contributed by atoms with Crippen LogP contribution >= 0.6 is 27.5 Å². The molecule has 0 unspecified atom stereocenters. The Bertz CT molecular complexity index is 797. The van der Waals surface area contributed by atoms with Gasteiger partial charge in [0.15, 0.2) is 0 Å². The summed E-state index contributed by atoms with van der Waals surface area (Å²) in [4.78, 5) is 0. The van der Waals surface area contributed by atoms with E-state index in [1.54, 1.807) is 0 Å². The van der Waals surface area contributed by atoms with Crippen molar-refractivity contribution in [3.05, 3.63) is 57.5 Å². The highest BCUT2D eigenvalue weighted by atomic mass is 79.9. The quantitative estimate of drug-likeness (QED) is 0.671. The molecule has 1 heterocycles. The average Bonchev–Trinajstić information content (AvgIpc) is 2.82. The van der Waals surface area contributed by atoms with E-state index in [0.717, 1.165) is 26.7 Å². The van der Waals surface area contributed by atoms with E-state index in [1.165, 1.54) is 0 Å². The summed E-state index contributed by atoms with van der Waals surface area (Å²) < 4.78 is 6.14. The first-order valence-corrected chi connectivity index (χ1v) is 7.51. The molecule has 0 fully saturated rings. The fourth-order valence-corrected chi connectivity index (χ4v) is 3.00. The Morgan fingerprint density at radius 1 is 1.14 bits per heavy atom. The largest absolute Gasteiger partial charge is 0.367 e. The van der Waals surface area contributed by atoms with Gasteiger partial charge in [0.2, 0.25) is 5.88 Å². The first kappa shape index (κ1) is 14.2. The number of halogens is 2. The van der Waals surface area contributed by atoms with Crippen LogP contribution in [0.5, 0.6) is 0 Å². The summed E-state index contributed by atoms with van der Waals surface area (Å²) >= 11 is 9.50. The lowest BCUT2D eigenvalue weighted by Gasteiger charge is -2.06. The molecular formula is C16H12BrClN2O. The maximum Gasteiger partial charge on any atom is 0.230 e. The van der Waals surface area contributed by atoms with Gasteiger partial charge in [-0.25, -0.2) is 0 Å². The predicted molar refractivity (Wildman–Crippen MR) is 89.2 cm³/mol. The molecule has 2 aromatic carbocycles. The number of benzene rings is 2. The summed E-state index contributed by atoms with van der Waals surface area (Å²) in [6, 6.07) is 13.5. The van der Waals surface area contributed by atoms with Gasteiger partial charge in [-0.2, -0.15) is 0 Å². The first-order chi connectivity index (χ1) is 10.1. The van der Waals surface area contributed by atoms with E-state index >= 15 is 0 Å². The highest BCUT2D eigenvalue weighted by Crippen LogP contribution is 2.39. The summed E-state index contributed by atoms with van der Waals surface area (Å²) in [5.74, 6) is 0.291. The molecule has 0 aliphatic rings. The number of hydrogen-bond acceptors (Lipinski definition) is 3. The molecule has 21 heavy (non-hydrogen) atoms. The zero-order chi connectivity index (χ0) is 15.0. The van der Waals surface area contributed by atoms with Crippen LogP contribution in [0.25, 0.3) is 22.4 Å². The van der Waals surface area contributed by atoms with Crippen molar-refractivity contribution in [3.63, 3.8) is 0 Å². The van der Waals surface area contributed by atoms with Gasteiger partial charge in [0.05, 0.1) is 5.56 Å². The fourth-order valence-electron chi connectivity index (χ4n) is 2.19. The van der Waals surface area contributed by atoms with Crippen molar-refractivity contribution in [2.24, 2.45) is 0 Å². The number of nitrogens with two attached hydrogens (primary N) is 1. The molecule has 0 atom stereocenters. The van der Waals surface area contributed by atoms with Gasteiger partial charge in [-0.1, -0.05) is 57.0 Å². The van der Waals surface area contributed by atoms with Crippen LogP contribution in [0.4, 0.5) is 5.88 Å². The second-order valence-electron chi connectivity index (χ2n) is 4.76. The zero-order valence-corrected chi connectivity index (χ0v) is 13.6. The fraction of sp³-hybridized carbons (Fsp3) is 0.0625. The molecular weight excluding hydrogens is 352 g/mol.